The van der Waals surface area contributed by atoms with E-state index in [1.54, 1.807) is 0 Å². The maximum atomic E-state index is 5.73. The number of hydrogen-bond donors (Lipinski definition) is 0. The molecule has 1 aromatic carbocycles. The van der Waals surface area contributed by atoms with Crippen molar-refractivity contribution in [1.82, 2.24) is 0 Å². The van der Waals surface area contributed by atoms with E-state index in [4.69, 9.17) is 14.2 Å². The molecule has 16 heavy (non-hydrogen) atoms. The molecular weight excluding hydrogens is 204 g/mol. The van der Waals surface area contributed by atoms with E-state index in [9.17, 15) is 0 Å². The highest BCUT2D eigenvalue weighted by atomic mass is 16.7. The zero-order valence-electron chi connectivity index (χ0n) is 9.34. The third kappa shape index (κ3) is 2.12. The topological polar surface area (TPSA) is 31.0 Å². The molecule has 2 saturated heterocycles. The normalized spacial score (nSPS) is 36.8. The molecule has 0 amide bonds. The molecular formula is C13H16O3. The van der Waals surface area contributed by atoms with Crippen molar-refractivity contribution < 1.29 is 14.2 Å². The molecule has 3 heteroatoms. The zero-order chi connectivity index (χ0) is 11.0. The first-order valence-corrected chi connectivity index (χ1v) is 5.79. The number of benzene rings is 1. The van der Waals surface area contributed by atoms with Crippen LogP contribution in [0, 0.1) is 0 Å². The van der Waals surface area contributed by atoms with Crippen LogP contribution in [0.4, 0.5) is 0 Å². The predicted molar refractivity (Wildman–Crippen MR) is 58.8 cm³/mol. The lowest BCUT2D eigenvalue weighted by atomic mass is 10.1. The molecule has 2 heterocycles. The molecule has 0 N–H and O–H groups in total. The van der Waals surface area contributed by atoms with E-state index in [0.717, 1.165) is 6.42 Å². The van der Waals surface area contributed by atoms with Crippen molar-refractivity contribution >= 4 is 0 Å². The Morgan fingerprint density at radius 1 is 1.25 bits per heavy atom. The van der Waals surface area contributed by atoms with Gasteiger partial charge in [-0.05, 0) is 12.5 Å². The zero-order valence-corrected chi connectivity index (χ0v) is 9.34. The summed E-state index contributed by atoms with van der Waals surface area (Å²) in [4.78, 5) is 0. The Kier molecular flexibility index (Phi) is 2.67. The van der Waals surface area contributed by atoms with Crippen LogP contribution < -0.4 is 0 Å². The first-order chi connectivity index (χ1) is 7.83. The van der Waals surface area contributed by atoms with E-state index in [0.29, 0.717) is 18.8 Å². The minimum absolute atomic E-state index is 0.112. The molecule has 0 radical (unpaired) electrons. The van der Waals surface area contributed by atoms with Crippen LogP contribution >= 0.6 is 0 Å². The smallest absolute Gasteiger partial charge is 0.161 e. The van der Waals surface area contributed by atoms with Crippen molar-refractivity contribution in [2.75, 3.05) is 0 Å². The Hall–Kier alpha value is -0.900. The predicted octanol–water partition coefficient (Wildman–Crippen LogP) is 2.11. The first-order valence-electron chi connectivity index (χ1n) is 5.79. The van der Waals surface area contributed by atoms with Crippen LogP contribution in [-0.4, -0.2) is 24.6 Å². The van der Waals surface area contributed by atoms with Crippen LogP contribution in [0.15, 0.2) is 30.3 Å². The Bertz CT molecular complexity index is 351. The van der Waals surface area contributed by atoms with Crippen LogP contribution in [0.1, 0.15) is 18.9 Å². The minimum atomic E-state index is -0.112. The minimum Gasteiger partial charge on any atom is -0.367 e. The van der Waals surface area contributed by atoms with Gasteiger partial charge in [-0.1, -0.05) is 30.3 Å². The third-order valence-electron chi connectivity index (χ3n) is 3.15. The monoisotopic (exact) mass is 220 g/mol. The highest BCUT2D eigenvalue weighted by molar-refractivity contribution is 5.13. The molecule has 0 saturated carbocycles. The van der Waals surface area contributed by atoms with E-state index in [1.807, 2.05) is 25.1 Å². The molecule has 1 aromatic rings. The van der Waals surface area contributed by atoms with Crippen molar-refractivity contribution in [2.45, 2.75) is 44.6 Å². The fourth-order valence-corrected chi connectivity index (χ4v) is 2.19. The van der Waals surface area contributed by atoms with Gasteiger partial charge in [-0.15, -0.1) is 0 Å². The number of epoxide rings is 1. The molecule has 2 aliphatic heterocycles. The highest BCUT2D eigenvalue weighted by Gasteiger charge is 2.49. The number of fused-ring (bicyclic) bond motifs is 1. The molecule has 3 rings (SSSR count). The van der Waals surface area contributed by atoms with Crippen LogP contribution in [0.3, 0.4) is 0 Å². The molecule has 0 bridgehead atoms. The van der Waals surface area contributed by atoms with Gasteiger partial charge in [0.15, 0.2) is 6.29 Å². The number of ether oxygens (including phenoxy) is 3. The van der Waals surface area contributed by atoms with E-state index in [1.165, 1.54) is 5.56 Å². The van der Waals surface area contributed by atoms with Crippen molar-refractivity contribution in [3.63, 3.8) is 0 Å². The Morgan fingerprint density at radius 2 is 2.06 bits per heavy atom. The van der Waals surface area contributed by atoms with Gasteiger partial charge in [0.2, 0.25) is 0 Å². The summed E-state index contributed by atoms with van der Waals surface area (Å²) >= 11 is 0. The summed E-state index contributed by atoms with van der Waals surface area (Å²) in [6.07, 6.45) is 1.60. The molecule has 0 aromatic heterocycles. The standard InChI is InChI=1S/C13H16O3/c1-9-13-11(16-13)7-12(15-9)14-8-10-5-3-2-4-6-10/h2-6,9,11-13H,7-8H2,1H3/t9-,11-,12+,13+/m1/s1. The summed E-state index contributed by atoms with van der Waals surface area (Å²) in [7, 11) is 0. The molecule has 0 spiro atoms. The van der Waals surface area contributed by atoms with Gasteiger partial charge >= 0.3 is 0 Å². The average molecular weight is 220 g/mol. The second-order valence-corrected chi connectivity index (χ2v) is 4.44. The second-order valence-electron chi connectivity index (χ2n) is 4.44. The van der Waals surface area contributed by atoms with Crippen molar-refractivity contribution in [3.8, 4) is 0 Å². The molecule has 0 aliphatic carbocycles. The van der Waals surface area contributed by atoms with Crippen LogP contribution in [-0.2, 0) is 20.8 Å². The van der Waals surface area contributed by atoms with E-state index in [2.05, 4.69) is 12.1 Å². The van der Waals surface area contributed by atoms with Crippen LogP contribution in [0.5, 0.6) is 0 Å². The lowest BCUT2D eigenvalue weighted by Gasteiger charge is -2.24. The molecule has 3 nitrogen and oxygen atoms in total. The van der Waals surface area contributed by atoms with Crippen molar-refractivity contribution in [1.29, 1.82) is 0 Å². The third-order valence-corrected chi connectivity index (χ3v) is 3.15. The Balaban J connectivity index is 1.52. The molecule has 0 unspecified atom stereocenters. The van der Waals surface area contributed by atoms with Crippen molar-refractivity contribution in [3.05, 3.63) is 35.9 Å². The Morgan fingerprint density at radius 3 is 2.81 bits per heavy atom. The molecule has 4 atom stereocenters. The highest BCUT2D eigenvalue weighted by Crippen LogP contribution is 2.37. The van der Waals surface area contributed by atoms with Gasteiger partial charge < -0.3 is 14.2 Å². The first kappa shape index (κ1) is 10.3. The van der Waals surface area contributed by atoms with Crippen molar-refractivity contribution in [2.24, 2.45) is 0 Å². The van der Waals surface area contributed by atoms with Gasteiger partial charge in [0.25, 0.3) is 0 Å². The number of hydrogen-bond acceptors (Lipinski definition) is 3. The molecule has 2 aliphatic rings. The van der Waals surface area contributed by atoms with Gasteiger partial charge in [0.05, 0.1) is 18.8 Å². The fourth-order valence-electron chi connectivity index (χ4n) is 2.19. The quantitative estimate of drug-likeness (QED) is 0.731. The lowest BCUT2D eigenvalue weighted by Crippen LogP contribution is -2.33. The SMILES string of the molecule is C[C@H]1O[C@H](OCc2ccccc2)C[C@H]2O[C@@H]12. The maximum Gasteiger partial charge on any atom is 0.161 e. The average Bonchev–Trinajstić information content (AvgIpc) is 3.08. The summed E-state index contributed by atoms with van der Waals surface area (Å²) < 4.78 is 16.9. The fraction of sp³-hybridized carbons (Fsp3) is 0.538. The summed E-state index contributed by atoms with van der Waals surface area (Å²) in [5.41, 5.74) is 1.18. The summed E-state index contributed by atoms with van der Waals surface area (Å²) in [6, 6.07) is 10.2. The van der Waals surface area contributed by atoms with Crippen LogP contribution in [0.2, 0.25) is 0 Å². The van der Waals surface area contributed by atoms with Gasteiger partial charge in [0.1, 0.15) is 6.10 Å². The van der Waals surface area contributed by atoms with Gasteiger partial charge in [-0.3, -0.25) is 0 Å². The lowest BCUT2D eigenvalue weighted by molar-refractivity contribution is -0.186. The summed E-state index contributed by atoms with van der Waals surface area (Å²) in [6.45, 7) is 2.65. The number of rotatable bonds is 3. The maximum absolute atomic E-state index is 5.73. The largest absolute Gasteiger partial charge is 0.367 e. The summed E-state index contributed by atoms with van der Waals surface area (Å²) in [5.74, 6) is 0. The molecule has 2 fully saturated rings. The second kappa shape index (κ2) is 4.17. The van der Waals surface area contributed by atoms with E-state index in [-0.39, 0.29) is 12.4 Å². The van der Waals surface area contributed by atoms with Gasteiger partial charge in [-0.2, -0.15) is 0 Å². The Labute approximate surface area is 95.3 Å². The van der Waals surface area contributed by atoms with Crippen LogP contribution in [0.25, 0.3) is 0 Å². The van der Waals surface area contributed by atoms with Gasteiger partial charge in [-0.25, -0.2) is 0 Å². The molecule has 86 valence electrons. The van der Waals surface area contributed by atoms with Gasteiger partial charge in [0, 0.05) is 6.42 Å². The van der Waals surface area contributed by atoms with E-state index < -0.39 is 0 Å². The summed E-state index contributed by atoms with van der Waals surface area (Å²) in [5, 5.41) is 0. The van der Waals surface area contributed by atoms with E-state index >= 15 is 0 Å².